The molecule has 2 aromatic carbocycles. The van der Waals surface area contributed by atoms with E-state index in [-0.39, 0.29) is 11.4 Å². The lowest BCUT2D eigenvalue weighted by Crippen LogP contribution is -2.45. The number of rotatable bonds is 4. The third-order valence-corrected chi connectivity index (χ3v) is 6.57. The predicted molar refractivity (Wildman–Crippen MR) is 118 cm³/mol. The zero-order chi connectivity index (χ0) is 20.5. The van der Waals surface area contributed by atoms with Crippen LogP contribution < -0.4 is 5.63 Å². The second kappa shape index (κ2) is 8.25. The quantitative estimate of drug-likeness (QED) is 0.672. The summed E-state index contributed by atoms with van der Waals surface area (Å²) in [5, 5.41) is 11.6. The van der Waals surface area contributed by atoms with Gasteiger partial charge in [-0.3, -0.25) is 9.80 Å². The van der Waals surface area contributed by atoms with Gasteiger partial charge in [-0.2, -0.15) is 0 Å². The second-order valence-electron chi connectivity index (χ2n) is 8.53. The minimum Gasteiger partial charge on any atom is -0.507 e. The lowest BCUT2D eigenvalue weighted by atomic mass is 9.90. The Bertz CT molecular complexity index is 1100. The Morgan fingerprint density at radius 1 is 0.833 bits per heavy atom. The summed E-state index contributed by atoms with van der Waals surface area (Å²) in [7, 11) is 0. The number of hydrogen-bond acceptors (Lipinski definition) is 5. The van der Waals surface area contributed by atoms with Crippen molar-refractivity contribution < 1.29 is 9.52 Å². The van der Waals surface area contributed by atoms with Crippen LogP contribution in [0.2, 0.25) is 0 Å². The van der Waals surface area contributed by atoms with Crippen molar-refractivity contribution in [3.05, 3.63) is 75.1 Å². The van der Waals surface area contributed by atoms with Gasteiger partial charge in [-0.15, -0.1) is 0 Å². The predicted octanol–water partition coefficient (Wildman–Crippen LogP) is 3.70. The summed E-state index contributed by atoms with van der Waals surface area (Å²) in [5.41, 5.74) is 4.39. The molecule has 2 aliphatic rings. The van der Waals surface area contributed by atoms with E-state index in [1.165, 1.54) is 5.56 Å². The van der Waals surface area contributed by atoms with E-state index < -0.39 is 0 Å². The van der Waals surface area contributed by atoms with Crippen LogP contribution in [0, 0.1) is 0 Å². The highest BCUT2D eigenvalue weighted by atomic mass is 16.4. The van der Waals surface area contributed by atoms with E-state index in [0.717, 1.165) is 80.5 Å². The molecule has 0 spiro atoms. The number of phenols is 1. The summed E-state index contributed by atoms with van der Waals surface area (Å²) in [5.74, 6) is 0.216. The molecule has 30 heavy (non-hydrogen) atoms. The standard InChI is InChI=1S/C25H28N2O3/c28-23-11-10-20-19-8-4-5-9-21(19)25(29)30-24(20)22(23)17-27-14-12-26(13-15-27)16-18-6-2-1-3-7-18/h1-3,6-7,10-11,28H,4-5,8-9,12-17H2. The number of hydrogen-bond donors (Lipinski definition) is 1. The van der Waals surface area contributed by atoms with Crippen LogP contribution in [0.4, 0.5) is 0 Å². The summed E-state index contributed by atoms with van der Waals surface area (Å²) < 4.78 is 5.76. The first-order valence-corrected chi connectivity index (χ1v) is 11.0. The third-order valence-electron chi connectivity index (χ3n) is 6.57. The fraction of sp³-hybridized carbons (Fsp3) is 0.400. The van der Waals surface area contributed by atoms with Crippen LogP contribution in [0.5, 0.6) is 5.75 Å². The van der Waals surface area contributed by atoms with Crippen molar-refractivity contribution in [2.24, 2.45) is 0 Å². The topological polar surface area (TPSA) is 56.9 Å². The van der Waals surface area contributed by atoms with Crippen LogP contribution >= 0.6 is 0 Å². The van der Waals surface area contributed by atoms with Gasteiger partial charge in [0.05, 0.1) is 5.56 Å². The SMILES string of the molecule is O=c1oc2c(CN3CCN(Cc4ccccc4)CC3)c(O)ccc2c2c1CCCC2. The van der Waals surface area contributed by atoms with Crippen LogP contribution in [0.15, 0.2) is 51.7 Å². The summed E-state index contributed by atoms with van der Waals surface area (Å²) in [6.45, 7) is 5.40. The van der Waals surface area contributed by atoms with Crippen LogP contribution in [0.1, 0.15) is 35.1 Å². The average molecular weight is 405 g/mol. The second-order valence-corrected chi connectivity index (χ2v) is 8.53. The van der Waals surface area contributed by atoms with Crippen molar-refractivity contribution >= 4 is 11.0 Å². The van der Waals surface area contributed by atoms with Gasteiger partial charge in [0, 0.05) is 50.2 Å². The number of aromatic hydroxyl groups is 1. The Balaban J connectivity index is 1.35. The Labute approximate surface area is 176 Å². The Hall–Kier alpha value is -2.63. The lowest BCUT2D eigenvalue weighted by molar-refractivity contribution is 0.121. The maximum Gasteiger partial charge on any atom is 0.339 e. The Kier molecular flexibility index (Phi) is 5.32. The van der Waals surface area contributed by atoms with Gasteiger partial charge in [0.1, 0.15) is 11.3 Å². The number of benzene rings is 2. The van der Waals surface area contributed by atoms with Gasteiger partial charge >= 0.3 is 5.63 Å². The first kappa shape index (κ1) is 19.3. The first-order valence-electron chi connectivity index (χ1n) is 11.0. The number of fused-ring (bicyclic) bond motifs is 3. The van der Waals surface area contributed by atoms with E-state index in [2.05, 4.69) is 34.1 Å². The smallest absolute Gasteiger partial charge is 0.339 e. The Morgan fingerprint density at radius 3 is 2.23 bits per heavy atom. The molecule has 0 radical (unpaired) electrons. The van der Waals surface area contributed by atoms with Gasteiger partial charge in [0.25, 0.3) is 0 Å². The number of piperazine rings is 1. The fourth-order valence-electron chi connectivity index (χ4n) is 4.88. The molecule has 5 heteroatoms. The molecule has 5 rings (SSSR count). The molecule has 0 unspecified atom stereocenters. The average Bonchev–Trinajstić information content (AvgIpc) is 2.78. The molecular formula is C25H28N2O3. The molecule has 156 valence electrons. The molecule has 0 bridgehead atoms. The zero-order valence-corrected chi connectivity index (χ0v) is 17.3. The number of nitrogens with zero attached hydrogens (tertiary/aromatic N) is 2. The largest absolute Gasteiger partial charge is 0.507 e. The van der Waals surface area contributed by atoms with E-state index in [1.807, 2.05) is 12.1 Å². The summed E-state index contributed by atoms with van der Waals surface area (Å²) in [6.07, 6.45) is 3.86. The molecule has 1 aromatic heterocycles. The maximum atomic E-state index is 12.6. The van der Waals surface area contributed by atoms with Crippen LogP contribution in [0.25, 0.3) is 11.0 Å². The normalized spacial score (nSPS) is 17.9. The molecule has 1 fully saturated rings. The van der Waals surface area contributed by atoms with Crippen molar-refractivity contribution in [3.63, 3.8) is 0 Å². The molecule has 3 aromatic rings. The summed E-state index contributed by atoms with van der Waals surface area (Å²) in [6, 6.07) is 14.2. The van der Waals surface area contributed by atoms with Gasteiger partial charge in [-0.1, -0.05) is 30.3 Å². The van der Waals surface area contributed by atoms with Crippen molar-refractivity contribution in [2.45, 2.75) is 38.8 Å². The van der Waals surface area contributed by atoms with Gasteiger partial charge in [-0.05, 0) is 48.9 Å². The summed E-state index contributed by atoms with van der Waals surface area (Å²) in [4.78, 5) is 17.4. The van der Waals surface area contributed by atoms with Crippen molar-refractivity contribution in [2.75, 3.05) is 26.2 Å². The number of phenolic OH excluding ortho intramolecular Hbond substituents is 1. The van der Waals surface area contributed by atoms with Crippen LogP contribution in [-0.2, 0) is 25.9 Å². The van der Waals surface area contributed by atoms with E-state index >= 15 is 0 Å². The lowest BCUT2D eigenvalue weighted by Gasteiger charge is -2.35. The fourth-order valence-corrected chi connectivity index (χ4v) is 4.88. The molecule has 0 saturated carbocycles. The molecule has 1 N–H and O–H groups in total. The Morgan fingerprint density at radius 2 is 1.50 bits per heavy atom. The molecule has 1 aliphatic heterocycles. The third kappa shape index (κ3) is 3.75. The van der Waals surface area contributed by atoms with Crippen molar-refractivity contribution in [1.29, 1.82) is 0 Å². The summed E-state index contributed by atoms with van der Waals surface area (Å²) >= 11 is 0. The number of aryl methyl sites for hydroxylation is 1. The van der Waals surface area contributed by atoms with Crippen molar-refractivity contribution in [3.8, 4) is 5.75 Å². The molecule has 0 atom stereocenters. The zero-order valence-electron chi connectivity index (χ0n) is 17.3. The van der Waals surface area contributed by atoms with E-state index in [0.29, 0.717) is 12.1 Å². The molecule has 1 saturated heterocycles. The van der Waals surface area contributed by atoms with Crippen LogP contribution in [0.3, 0.4) is 0 Å². The van der Waals surface area contributed by atoms with Gasteiger partial charge in [0.15, 0.2) is 0 Å². The van der Waals surface area contributed by atoms with Crippen molar-refractivity contribution in [1.82, 2.24) is 9.80 Å². The van der Waals surface area contributed by atoms with E-state index in [4.69, 9.17) is 4.42 Å². The first-order chi connectivity index (χ1) is 14.7. The molecule has 5 nitrogen and oxygen atoms in total. The van der Waals surface area contributed by atoms with Crippen LogP contribution in [-0.4, -0.2) is 41.1 Å². The van der Waals surface area contributed by atoms with E-state index in [9.17, 15) is 9.90 Å². The van der Waals surface area contributed by atoms with Gasteiger partial charge in [0.2, 0.25) is 0 Å². The maximum absolute atomic E-state index is 12.6. The highest BCUT2D eigenvalue weighted by Crippen LogP contribution is 2.33. The highest BCUT2D eigenvalue weighted by molar-refractivity contribution is 5.86. The molecule has 1 aliphatic carbocycles. The minimum atomic E-state index is -0.225. The van der Waals surface area contributed by atoms with Gasteiger partial charge < -0.3 is 9.52 Å². The molecule has 2 heterocycles. The highest BCUT2D eigenvalue weighted by Gasteiger charge is 2.23. The van der Waals surface area contributed by atoms with Gasteiger partial charge in [-0.25, -0.2) is 4.79 Å². The molecular weight excluding hydrogens is 376 g/mol. The molecule has 0 amide bonds. The minimum absolute atomic E-state index is 0.216. The van der Waals surface area contributed by atoms with E-state index in [1.54, 1.807) is 6.07 Å². The monoisotopic (exact) mass is 404 g/mol.